The van der Waals surface area contributed by atoms with Gasteiger partial charge in [0, 0.05) is 6.92 Å². The van der Waals surface area contributed by atoms with Crippen molar-refractivity contribution < 1.29 is 40.8 Å². The van der Waals surface area contributed by atoms with Crippen molar-refractivity contribution in [3.63, 3.8) is 0 Å². The summed E-state index contributed by atoms with van der Waals surface area (Å²) in [5, 5.41) is 9.35. The number of halogens is 3. The van der Waals surface area contributed by atoms with Crippen molar-refractivity contribution in [2.75, 3.05) is 6.26 Å². The van der Waals surface area contributed by atoms with Crippen LogP contribution in [0.25, 0.3) is 0 Å². The number of aliphatic hydroxyl groups excluding tert-OH is 1. The summed E-state index contributed by atoms with van der Waals surface area (Å²) in [4.78, 5) is 10.0. The molecule has 0 aliphatic heterocycles. The van der Waals surface area contributed by atoms with Crippen LogP contribution in [-0.2, 0) is 25.8 Å². The largest absolute Gasteiger partial charge is 0.463 e. The molecule has 1 atom stereocenters. The highest BCUT2D eigenvalue weighted by atomic mass is 32.2. The predicted molar refractivity (Wildman–Crippen MR) is 91.1 cm³/mol. The van der Waals surface area contributed by atoms with Gasteiger partial charge in [0.15, 0.2) is 0 Å². The summed E-state index contributed by atoms with van der Waals surface area (Å²) in [6.07, 6.45) is -4.02. The van der Waals surface area contributed by atoms with Crippen LogP contribution in [0.5, 0.6) is 0 Å². The van der Waals surface area contributed by atoms with Gasteiger partial charge in [0.05, 0.1) is 24.0 Å². The number of carbonyl (C=O) groups is 1. The lowest BCUT2D eigenvalue weighted by Crippen LogP contribution is -2.06. The molecular formula is C16H25F3O6S. The van der Waals surface area contributed by atoms with Gasteiger partial charge in [-0.1, -0.05) is 19.1 Å². The second kappa shape index (κ2) is 11.9. The zero-order valence-corrected chi connectivity index (χ0v) is 16.1. The van der Waals surface area contributed by atoms with Crippen LogP contribution in [-0.4, -0.2) is 36.4 Å². The van der Waals surface area contributed by atoms with Crippen LogP contribution in [0.3, 0.4) is 0 Å². The Morgan fingerprint density at radius 3 is 2.00 bits per heavy atom. The van der Waals surface area contributed by atoms with E-state index in [1.165, 1.54) is 19.1 Å². The molecule has 0 saturated carbocycles. The van der Waals surface area contributed by atoms with Crippen LogP contribution in [0, 0.1) is 0 Å². The number of aliphatic hydroxyl groups is 1. The van der Waals surface area contributed by atoms with Gasteiger partial charge in [-0.05, 0) is 38.0 Å². The molecule has 1 rings (SSSR count). The monoisotopic (exact) mass is 402 g/mol. The SMILES string of the molecule is CC(=O)OC(C)C.CCC(O)c1cccc(C(F)(F)F)c1.CS(=O)(=O)O. The van der Waals surface area contributed by atoms with Crippen molar-refractivity contribution in [2.24, 2.45) is 0 Å². The summed E-state index contributed by atoms with van der Waals surface area (Å²) in [7, 11) is -3.67. The summed E-state index contributed by atoms with van der Waals surface area (Å²) in [6, 6.07) is 4.76. The predicted octanol–water partition coefficient (Wildman–Crippen LogP) is 3.61. The van der Waals surface area contributed by atoms with Crippen LogP contribution in [0.1, 0.15) is 51.3 Å². The minimum absolute atomic E-state index is 0.0255. The van der Waals surface area contributed by atoms with E-state index in [2.05, 4.69) is 4.74 Å². The number of ether oxygens (including phenoxy) is 1. The molecule has 6 nitrogen and oxygen atoms in total. The molecule has 0 spiro atoms. The maximum atomic E-state index is 12.3. The highest BCUT2D eigenvalue weighted by Gasteiger charge is 2.30. The number of alkyl halides is 3. The molecule has 0 amide bonds. The lowest BCUT2D eigenvalue weighted by molar-refractivity contribution is -0.144. The Hall–Kier alpha value is -1.65. The first kappa shape index (κ1) is 26.6. The van der Waals surface area contributed by atoms with Crippen LogP contribution >= 0.6 is 0 Å². The normalized spacial score (nSPS) is 12.3. The molecule has 1 aromatic rings. The third-order valence-electron chi connectivity index (χ3n) is 2.39. The minimum atomic E-state index is -4.34. The Kier molecular flexibility index (Phi) is 12.1. The van der Waals surface area contributed by atoms with Gasteiger partial charge >= 0.3 is 12.1 Å². The van der Waals surface area contributed by atoms with Gasteiger partial charge in [-0.15, -0.1) is 0 Å². The number of hydrogen-bond acceptors (Lipinski definition) is 5. The highest BCUT2D eigenvalue weighted by Crippen LogP contribution is 2.31. The fraction of sp³-hybridized carbons (Fsp3) is 0.562. The van der Waals surface area contributed by atoms with Gasteiger partial charge in [-0.25, -0.2) is 0 Å². The molecular weight excluding hydrogens is 377 g/mol. The quantitative estimate of drug-likeness (QED) is 0.592. The number of carbonyl (C=O) groups excluding carboxylic acids is 1. The first-order valence-electron chi connectivity index (χ1n) is 7.52. The Balaban J connectivity index is 0. The van der Waals surface area contributed by atoms with Gasteiger partial charge in [-0.3, -0.25) is 9.35 Å². The van der Waals surface area contributed by atoms with E-state index in [-0.39, 0.29) is 12.1 Å². The first-order valence-corrected chi connectivity index (χ1v) is 9.37. The minimum Gasteiger partial charge on any atom is -0.463 e. The van der Waals surface area contributed by atoms with Crippen LogP contribution in [0.4, 0.5) is 13.2 Å². The molecule has 0 bridgehead atoms. The fourth-order valence-corrected chi connectivity index (χ4v) is 1.49. The molecule has 10 heteroatoms. The van der Waals surface area contributed by atoms with Gasteiger partial charge in [0.2, 0.25) is 0 Å². The van der Waals surface area contributed by atoms with Crippen molar-refractivity contribution in [3.05, 3.63) is 35.4 Å². The third-order valence-corrected chi connectivity index (χ3v) is 2.39. The van der Waals surface area contributed by atoms with E-state index in [4.69, 9.17) is 4.55 Å². The Labute approximate surface area is 151 Å². The van der Waals surface area contributed by atoms with Gasteiger partial charge in [0.1, 0.15) is 0 Å². The lowest BCUT2D eigenvalue weighted by Gasteiger charge is -2.11. The summed E-state index contributed by atoms with van der Waals surface area (Å²) in [5.41, 5.74) is -0.412. The zero-order valence-electron chi connectivity index (χ0n) is 15.2. The van der Waals surface area contributed by atoms with Crippen molar-refractivity contribution in [1.82, 2.24) is 0 Å². The lowest BCUT2D eigenvalue weighted by atomic mass is 10.0. The number of esters is 1. The zero-order chi connectivity index (χ0) is 21.1. The summed E-state index contributed by atoms with van der Waals surface area (Å²) in [5.74, 6) is -0.213. The van der Waals surface area contributed by atoms with E-state index in [1.807, 2.05) is 13.8 Å². The van der Waals surface area contributed by atoms with E-state index in [1.54, 1.807) is 6.92 Å². The fourth-order valence-electron chi connectivity index (χ4n) is 1.49. The summed E-state index contributed by atoms with van der Waals surface area (Å²) >= 11 is 0. The third kappa shape index (κ3) is 17.2. The van der Waals surface area contributed by atoms with Crippen LogP contribution in [0.15, 0.2) is 24.3 Å². The number of hydrogen-bond donors (Lipinski definition) is 2. The van der Waals surface area contributed by atoms with E-state index in [0.717, 1.165) is 12.1 Å². The molecule has 0 radical (unpaired) electrons. The number of rotatable bonds is 3. The van der Waals surface area contributed by atoms with Crippen molar-refractivity contribution >= 4 is 16.1 Å². The molecule has 0 fully saturated rings. The first-order chi connectivity index (χ1) is 11.6. The second-order valence-electron chi connectivity index (χ2n) is 5.44. The Morgan fingerprint density at radius 1 is 1.27 bits per heavy atom. The van der Waals surface area contributed by atoms with E-state index >= 15 is 0 Å². The van der Waals surface area contributed by atoms with Crippen LogP contribution < -0.4 is 0 Å². The van der Waals surface area contributed by atoms with E-state index in [9.17, 15) is 31.5 Å². The Bertz CT molecular complexity index is 634. The molecule has 0 saturated heterocycles. The maximum absolute atomic E-state index is 12.3. The van der Waals surface area contributed by atoms with Gasteiger partial charge < -0.3 is 9.84 Å². The average Bonchev–Trinajstić information content (AvgIpc) is 2.43. The molecule has 1 aromatic carbocycles. The standard InChI is InChI=1S/C10H11F3O.C5H10O2.CH4O3S/c1-2-9(14)7-4-3-5-8(6-7)10(11,12)13;1-4(2)7-5(3)6;1-5(2,3)4/h3-6,9,14H,2H2,1H3;4H,1-3H3;1H3,(H,2,3,4). The van der Waals surface area contributed by atoms with E-state index < -0.39 is 28.0 Å². The second-order valence-corrected chi connectivity index (χ2v) is 6.90. The van der Waals surface area contributed by atoms with Crippen LogP contribution in [0.2, 0.25) is 0 Å². The van der Waals surface area contributed by atoms with Crippen molar-refractivity contribution in [1.29, 1.82) is 0 Å². The molecule has 2 N–H and O–H groups in total. The van der Waals surface area contributed by atoms with Crippen molar-refractivity contribution in [3.8, 4) is 0 Å². The van der Waals surface area contributed by atoms with Gasteiger partial charge in [-0.2, -0.15) is 21.6 Å². The molecule has 0 aromatic heterocycles. The smallest absolute Gasteiger partial charge is 0.416 e. The maximum Gasteiger partial charge on any atom is 0.416 e. The average molecular weight is 402 g/mol. The number of benzene rings is 1. The topological polar surface area (TPSA) is 101 Å². The Morgan fingerprint density at radius 2 is 1.73 bits per heavy atom. The molecule has 0 heterocycles. The highest BCUT2D eigenvalue weighted by molar-refractivity contribution is 7.85. The summed E-state index contributed by atoms with van der Waals surface area (Å²) < 4.78 is 67.2. The molecule has 152 valence electrons. The summed E-state index contributed by atoms with van der Waals surface area (Å²) in [6.45, 7) is 6.76. The van der Waals surface area contributed by atoms with Crippen molar-refractivity contribution in [2.45, 2.75) is 52.5 Å². The van der Waals surface area contributed by atoms with E-state index in [0.29, 0.717) is 18.2 Å². The molecule has 0 aliphatic rings. The molecule has 26 heavy (non-hydrogen) atoms. The molecule has 1 unspecified atom stereocenters. The van der Waals surface area contributed by atoms with Gasteiger partial charge in [0.25, 0.3) is 10.1 Å². The molecule has 0 aliphatic carbocycles.